The lowest BCUT2D eigenvalue weighted by molar-refractivity contribution is -0.137. The highest BCUT2D eigenvalue weighted by Gasteiger charge is 2.14. The molecule has 0 unspecified atom stereocenters. The van der Waals surface area contributed by atoms with E-state index in [1.54, 1.807) is 0 Å². The van der Waals surface area contributed by atoms with Crippen LogP contribution in [0.25, 0.3) is 0 Å². The number of carboxylic acid groups (broad SMARTS) is 1. The Labute approximate surface area is 81.5 Å². The lowest BCUT2D eigenvalue weighted by Gasteiger charge is -2.01. The highest BCUT2D eigenvalue weighted by atomic mass is 32.2. The highest BCUT2D eigenvalue weighted by molar-refractivity contribution is 7.92. The largest absolute Gasteiger partial charge is 0.480 e. The van der Waals surface area contributed by atoms with Gasteiger partial charge < -0.3 is 10.4 Å². The quantitative estimate of drug-likeness (QED) is 0.548. The van der Waals surface area contributed by atoms with E-state index in [9.17, 15) is 18.0 Å². The smallest absolute Gasteiger partial charge is 0.322 e. The molecule has 14 heavy (non-hydrogen) atoms. The summed E-state index contributed by atoms with van der Waals surface area (Å²) in [5, 5.41) is 10.1. The van der Waals surface area contributed by atoms with Crippen LogP contribution in [0.1, 0.15) is 0 Å². The van der Waals surface area contributed by atoms with E-state index < -0.39 is 34.0 Å². The Balaban J connectivity index is 4.06. The Bertz CT molecular complexity index is 332. The Morgan fingerprint density at radius 3 is 2.43 bits per heavy atom. The topological polar surface area (TPSA) is 101 Å². The van der Waals surface area contributed by atoms with Crippen molar-refractivity contribution in [3.63, 3.8) is 0 Å². The summed E-state index contributed by atoms with van der Waals surface area (Å²) in [5.74, 6) is -3.06. The summed E-state index contributed by atoms with van der Waals surface area (Å²) in [7, 11) is -3.50. The number of hydrogen-bond acceptors (Lipinski definition) is 4. The summed E-state index contributed by atoms with van der Waals surface area (Å²) in [5.41, 5.74) is 0. The minimum Gasteiger partial charge on any atom is -0.480 e. The second-order valence-electron chi connectivity index (χ2n) is 2.51. The number of hydrogen-bond donors (Lipinski definition) is 2. The predicted molar refractivity (Wildman–Crippen MR) is 49.5 cm³/mol. The normalized spacial score (nSPS) is 10.6. The van der Waals surface area contributed by atoms with Crippen LogP contribution in [0.15, 0.2) is 12.7 Å². The molecule has 80 valence electrons. The van der Waals surface area contributed by atoms with Crippen molar-refractivity contribution in [1.29, 1.82) is 0 Å². The van der Waals surface area contributed by atoms with Gasteiger partial charge in [0, 0.05) is 0 Å². The van der Waals surface area contributed by atoms with Crippen LogP contribution in [-0.2, 0) is 19.4 Å². The molecule has 0 heterocycles. The van der Waals surface area contributed by atoms with E-state index >= 15 is 0 Å². The summed E-state index contributed by atoms with van der Waals surface area (Å²) in [6.45, 7) is 2.64. The van der Waals surface area contributed by atoms with Crippen molar-refractivity contribution in [2.45, 2.75) is 0 Å². The monoisotopic (exact) mass is 221 g/mol. The van der Waals surface area contributed by atoms with Crippen molar-refractivity contribution in [2.24, 2.45) is 0 Å². The minimum absolute atomic E-state index is 0.298. The molecule has 0 bridgehead atoms. The lowest BCUT2D eigenvalue weighted by atomic mass is 10.6. The second-order valence-corrected chi connectivity index (χ2v) is 4.62. The molecule has 6 nitrogen and oxygen atoms in total. The van der Waals surface area contributed by atoms with E-state index in [1.807, 2.05) is 5.32 Å². The van der Waals surface area contributed by atoms with Gasteiger partial charge in [-0.3, -0.25) is 9.59 Å². The number of sulfone groups is 1. The highest BCUT2D eigenvalue weighted by Crippen LogP contribution is 1.89. The molecule has 0 saturated carbocycles. The molecule has 1 amide bonds. The van der Waals surface area contributed by atoms with Crippen LogP contribution >= 0.6 is 0 Å². The number of nitrogens with one attached hydrogen (secondary N) is 1. The van der Waals surface area contributed by atoms with Crippen LogP contribution < -0.4 is 5.32 Å². The van der Waals surface area contributed by atoms with Crippen molar-refractivity contribution >= 4 is 21.7 Å². The van der Waals surface area contributed by atoms with Gasteiger partial charge in [-0.25, -0.2) is 8.42 Å². The molecule has 7 heteroatoms. The summed E-state index contributed by atoms with van der Waals surface area (Å²) in [6, 6.07) is 0. The van der Waals surface area contributed by atoms with Crippen LogP contribution in [0.3, 0.4) is 0 Å². The van der Waals surface area contributed by atoms with Crippen molar-refractivity contribution < 1.29 is 23.1 Å². The molecule has 0 saturated heterocycles. The first kappa shape index (κ1) is 12.6. The fourth-order valence-electron chi connectivity index (χ4n) is 0.663. The maximum absolute atomic E-state index is 11.0. The first-order valence-electron chi connectivity index (χ1n) is 3.67. The molecule has 0 rings (SSSR count). The van der Waals surface area contributed by atoms with E-state index in [4.69, 9.17) is 5.11 Å². The van der Waals surface area contributed by atoms with Gasteiger partial charge in [0.1, 0.15) is 12.3 Å². The maximum atomic E-state index is 11.0. The molecule has 0 atom stereocenters. The van der Waals surface area contributed by atoms with E-state index in [0.29, 0.717) is 0 Å². The third kappa shape index (κ3) is 6.18. The van der Waals surface area contributed by atoms with Gasteiger partial charge in [0.15, 0.2) is 9.84 Å². The molecule has 0 aromatic carbocycles. The van der Waals surface area contributed by atoms with Gasteiger partial charge in [0.25, 0.3) is 0 Å². The zero-order chi connectivity index (χ0) is 11.2. The first-order valence-corrected chi connectivity index (χ1v) is 5.49. The fourth-order valence-corrected chi connectivity index (χ4v) is 1.64. The zero-order valence-corrected chi connectivity index (χ0v) is 8.21. The number of amides is 1. The molecule has 0 aromatic heterocycles. The van der Waals surface area contributed by atoms with E-state index in [-0.39, 0.29) is 5.75 Å². The van der Waals surface area contributed by atoms with Crippen LogP contribution in [0.2, 0.25) is 0 Å². The second kappa shape index (κ2) is 5.38. The van der Waals surface area contributed by atoms with E-state index in [2.05, 4.69) is 6.58 Å². The molecule has 0 aliphatic rings. The standard InChI is InChI=1S/C7H11NO5S/c1-2-3-14(12,13)5-6(9)8-4-7(10)11/h2H,1,3-5H2,(H,8,9)(H,10,11). The van der Waals surface area contributed by atoms with Gasteiger partial charge in [0.2, 0.25) is 5.91 Å². The van der Waals surface area contributed by atoms with Crippen LogP contribution in [0.4, 0.5) is 0 Å². The first-order chi connectivity index (χ1) is 6.37. The summed E-state index contributed by atoms with van der Waals surface area (Å²) in [4.78, 5) is 20.9. The summed E-state index contributed by atoms with van der Waals surface area (Å²) >= 11 is 0. The number of rotatable bonds is 6. The third-order valence-electron chi connectivity index (χ3n) is 1.16. The van der Waals surface area contributed by atoms with Crippen LogP contribution in [-0.4, -0.2) is 43.5 Å². The minimum atomic E-state index is -3.50. The Morgan fingerprint density at radius 1 is 1.43 bits per heavy atom. The Kier molecular flexibility index (Phi) is 4.85. The maximum Gasteiger partial charge on any atom is 0.322 e. The van der Waals surface area contributed by atoms with Gasteiger partial charge in [0.05, 0.1) is 5.75 Å². The van der Waals surface area contributed by atoms with Gasteiger partial charge in [-0.2, -0.15) is 0 Å². The number of carbonyl (C=O) groups is 2. The summed E-state index contributed by atoms with van der Waals surface area (Å²) < 4.78 is 22.0. The van der Waals surface area contributed by atoms with Gasteiger partial charge in [-0.15, -0.1) is 6.58 Å². The third-order valence-corrected chi connectivity index (χ3v) is 2.61. The predicted octanol–water partition coefficient (Wildman–Crippen LogP) is -1.21. The molecular weight excluding hydrogens is 210 g/mol. The number of carboxylic acids is 1. The molecule has 2 N–H and O–H groups in total. The SMILES string of the molecule is C=CCS(=O)(=O)CC(=O)NCC(=O)O. The Morgan fingerprint density at radius 2 is 2.00 bits per heavy atom. The van der Waals surface area contributed by atoms with Gasteiger partial charge in [-0.05, 0) is 0 Å². The van der Waals surface area contributed by atoms with E-state index in [0.717, 1.165) is 0 Å². The summed E-state index contributed by atoms with van der Waals surface area (Å²) in [6.07, 6.45) is 1.17. The molecule has 0 spiro atoms. The lowest BCUT2D eigenvalue weighted by Crippen LogP contribution is -2.34. The van der Waals surface area contributed by atoms with Crippen molar-refractivity contribution in [2.75, 3.05) is 18.1 Å². The van der Waals surface area contributed by atoms with Gasteiger partial charge >= 0.3 is 5.97 Å². The average Bonchev–Trinajstić information content (AvgIpc) is 1.99. The van der Waals surface area contributed by atoms with Crippen LogP contribution in [0, 0.1) is 0 Å². The molecule has 0 aliphatic carbocycles. The van der Waals surface area contributed by atoms with Crippen LogP contribution in [0.5, 0.6) is 0 Å². The van der Waals surface area contributed by atoms with E-state index in [1.165, 1.54) is 6.08 Å². The van der Waals surface area contributed by atoms with Crippen molar-refractivity contribution in [1.82, 2.24) is 5.32 Å². The fraction of sp³-hybridized carbons (Fsp3) is 0.429. The molecular formula is C7H11NO5S. The molecule has 0 aromatic rings. The molecule has 0 radical (unpaired) electrons. The molecule has 0 aliphatic heterocycles. The average molecular weight is 221 g/mol. The number of carbonyl (C=O) groups excluding carboxylic acids is 1. The zero-order valence-electron chi connectivity index (χ0n) is 7.39. The Hall–Kier alpha value is -1.37. The van der Waals surface area contributed by atoms with Crippen molar-refractivity contribution in [3.05, 3.63) is 12.7 Å². The molecule has 0 fully saturated rings. The van der Waals surface area contributed by atoms with Crippen molar-refractivity contribution in [3.8, 4) is 0 Å². The van der Waals surface area contributed by atoms with Gasteiger partial charge in [-0.1, -0.05) is 6.08 Å². The number of aliphatic carboxylic acids is 1.